The van der Waals surface area contributed by atoms with Crippen molar-refractivity contribution in [1.29, 1.82) is 0 Å². The zero-order valence-electron chi connectivity index (χ0n) is 13.7. The van der Waals surface area contributed by atoms with Gasteiger partial charge in [-0.2, -0.15) is 0 Å². The summed E-state index contributed by atoms with van der Waals surface area (Å²) in [6.45, 7) is 3.75. The first-order valence-corrected chi connectivity index (χ1v) is 8.10. The van der Waals surface area contributed by atoms with Crippen LogP contribution in [-0.2, 0) is 0 Å². The third-order valence-electron chi connectivity index (χ3n) is 3.56. The normalized spacial score (nSPS) is 10.4. The van der Waals surface area contributed by atoms with Gasteiger partial charge < -0.3 is 10.6 Å². The van der Waals surface area contributed by atoms with Crippen molar-refractivity contribution in [3.05, 3.63) is 66.6 Å². The number of benzene rings is 1. The summed E-state index contributed by atoms with van der Waals surface area (Å²) in [5.41, 5.74) is 3.07. The fraction of sp³-hybridized carbons (Fsp3) is 0.211. The van der Waals surface area contributed by atoms with Crippen molar-refractivity contribution in [1.82, 2.24) is 15.0 Å². The number of aryl methyl sites for hydroxylation is 1. The summed E-state index contributed by atoms with van der Waals surface area (Å²) < 4.78 is 0. The van der Waals surface area contributed by atoms with Crippen LogP contribution >= 0.6 is 0 Å². The van der Waals surface area contributed by atoms with E-state index < -0.39 is 0 Å². The quantitative estimate of drug-likeness (QED) is 0.649. The molecule has 0 bridgehead atoms. The number of aromatic nitrogens is 3. The number of para-hydroxylation sites is 1. The van der Waals surface area contributed by atoms with Gasteiger partial charge in [-0.15, -0.1) is 0 Å². The molecule has 0 atom stereocenters. The zero-order valence-corrected chi connectivity index (χ0v) is 13.7. The van der Waals surface area contributed by atoms with E-state index in [-0.39, 0.29) is 0 Å². The van der Waals surface area contributed by atoms with Crippen molar-refractivity contribution in [2.45, 2.75) is 13.3 Å². The Balaban J connectivity index is 1.53. The van der Waals surface area contributed by atoms with Crippen molar-refractivity contribution in [2.24, 2.45) is 0 Å². The lowest BCUT2D eigenvalue weighted by molar-refractivity contribution is 0.901. The zero-order chi connectivity index (χ0) is 16.6. The fourth-order valence-corrected chi connectivity index (χ4v) is 2.38. The van der Waals surface area contributed by atoms with Gasteiger partial charge in [-0.25, -0.2) is 9.97 Å². The highest BCUT2D eigenvalue weighted by Gasteiger charge is 2.04. The Morgan fingerprint density at radius 1 is 0.875 bits per heavy atom. The molecule has 2 N–H and O–H groups in total. The Morgan fingerprint density at radius 3 is 2.42 bits per heavy atom. The smallest absolute Gasteiger partial charge is 0.161 e. The van der Waals surface area contributed by atoms with Crippen molar-refractivity contribution in [3.8, 4) is 11.4 Å². The number of anilines is 2. The standard InChI is InChI=1S/C19H21N5/c1-15-14-18(24-19(23-15)16-8-12-20-13-9-16)22-11-5-10-21-17-6-3-2-4-7-17/h2-4,6-9,12-14,21H,5,10-11H2,1H3,(H,22,23,24). The van der Waals surface area contributed by atoms with Crippen LogP contribution in [0.4, 0.5) is 11.5 Å². The average Bonchev–Trinajstić information content (AvgIpc) is 2.63. The maximum atomic E-state index is 4.59. The number of nitrogens with zero attached hydrogens (tertiary/aromatic N) is 3. The van der Waals surface area contributed by atoms with Crippen molar-refractivity contribution in [2.75, 3.05) is 23.7 Å². The molecular weight excluding hydrogens is 298 g/mol. The molecule has 0 saturated heterocycles. The summed E-state index contributed by atoms with van der Waals surface area (Å²) in [7, 11) is 0. The fourth-order valence-electron chi connectivity index (χ4n) is 2.38. The Morgan fingerprint density at radius 2 is 1.62 bits per heavy atom. The molecule has 122 valence electrons. The lowest BCUT2D eigenvalue weighted by Crippen LogP contribution is -2.10. The van der Waals surface area contributed by atoms with Crippen LogP contribution in [0.1, 0.15) is 12.1 Å². The van der Waals surface area contributed by atoms with Crippen LogP contribution < -0.4 is 10.6 Å². The number of pyridine rings is 1. The van der Waals surface area contributed by atoms with E-state index in [0.717, 1.165) is 48.1 Å². The van der Waals surface area contributed by atoms with Gasteiger partial charge in [0.2, 0.25) is 0 Å². The number of hydrogen-bond acceptors (Lipinski definition) is 5. The van der Waals surface area contributed by atoms with Crippen LogP contribution in [0.2, 0.25) is 0 Å². The van der Waals surface area contributed by atoms with Gasteiger partial charge in [0, 0.05) is 48.5 Å². The first-order chi connectivity index (χ1) is 11.8. The summed E-state index contributed by atoms with van der Waals surface area (Å²) in [4.78, 5) is 13.1. The Bertz CT molecular complexity index is 759. The van der Waals surface area contributed by atoms with Crippen LogP contribution in [0.5, 0.6) is 0 Å². The van der Waals surface area contributed by atoms with Gasteiger partial charge in [-0.1, -0.05) is 18.2 Å². The Kier molecular flexibility index (Phi) is 5.35. The first-order valence-electron chi connectivity index (χ1n) is 8.10. The van der Waals surface area contributed by atoms with E-state index in [1.165, 1.54) is 0 Å². The molecule has 0 unspecified atom stereocenters. The highest BCUT2D eigenvalue weighted by molar-refractivity contribution is 5.56. The van der Waals surface area contributed by atoms with E-state index in [1.807, 2.05) is 43.3 Å². The van der Waals surface area contributed by atoms with Gasteiger partial charge in [-0.05, 0) is 37.6 Å². The number of rotatable bonds is 7. The third kappa shape index (κ3) is 4.52. The van der Waals surface area contributed by atoms with E-state index in [9.17, 15) is 0 Å². The minimum Gasteiger partial charge on any atom is -0.385 e. The summed E-state index contributed by atoms with van der Waals surface area (Å²) in [5.74, 6) is 1.58. The monoisotopic (exact) mass is 319 g/mol. The topological polar surface area (TPSA) is 62.7 Å². The van der Waals surface area contributed by atoms with Crippen LogP contribution in [-0.4, -0.2) is 28.0 Å². The van der Waals surface area contributed by atoms with E-state index in [2.05, 4.69) is 37.7 Å². The largest absolute Gasteiger partial charge is 0.385 e. The van der Waals surface area contributed by atoms with Gasteiger partial charge >= 0.3 is 0 Å². The van der Waals surface area contributed by atoms with E-state index in [0.29, 0.717) is 0 Å². The maximum Gasteiger partial charge on any atom is 0.161 e. The molecule has 0 aliphatic carbocycles. The second-order valence-electron chi connectivity index (χ2n) is 5.53. The lowest BCUT2D eigenvalue weighted by Gasteiger charge is -2.10. The van der Waals surface area contributed by atoms with Crippen molar-refractivity contribution in [3.63, 3.8) is 0 Å². The molecule has 24 heavy (non-hydrogen) atoms. The number of nitrogens with one attached hydrogen (secondary N) is 2. The van der Waals surface area contributed by atoms with Crippen molar-refractivity contribution >= 4 is 11.5 Å². The van der Waals surface area contributed by atoms with Crippen LogP contribution in [0.15, 0.2) is 60.9 Å². The second kappa shape index (κ2) is 8.06. The van der Waals surface area contributed by atoms with Crippen LogP contribution in [0.25, 0.3) is 11.4 Å². The molecule has 0 amide bonds. The molecule has 0 aliphatic rings. The van der Waals surface area contributed by atoms with Crippen molar-refractivity contribution < 1.29 is 0 Å². The summed E-state index contributed by atoms with van der Waals surface area (Å²) in [5, 5.41) is 6.77. The molecule has 2 aromatic heterocycles. The Labute approximate surface area is 142 Å². The highest BCUT2D eigenvalue weighted by Crippen LogP contribution is 2.16. The van der Waals surface area contributed by atoms with Gasteiger partial charge in [-0.3, -0.25) is 4.98 Å². The molecule has 5 heteroatoms. The summed E-state index contributed by atoms with van der Waals surface area (Å²) >= 11 is 0. The second-order valence-corrected chi connectivity index (χ2v) is 5.53. The predicted octanol–water partition coefficient (Wildman–Crippen LogP) is 3.76. The third-order valence-corrected chi connectivity index (χ3v) is 3.56. The molecule has 0 fully saturated rings. The number of hydrogen-bond donors (Lipinski definition) is 2. The molecule has 2 heterocycles. The van der Waals surface area contributed by atoms with Crippen LogP contribution in [0, 0.1) is 6.92 Å². The van der Waals surface area contributed by atoms with E-state index >= 15 is 0 Å². The lowest BCUT2D eigenvalue weighted by atomic mass is 10.2. The van der Waals surface area contributed by atoms with Gasteiger partial charge in [0.1, 0.15) is 5.82 Å². The highest BCUT2D eigenvalue weighted by atomic mass is 15.0. The molecule has 0 radical (unpaired) electrons. The molecule has 0 saturated carbocycles. The van der Waals surface area contributed by atoms with E-state index in [1.54, 1.807) is 12.4 Å². The van der Waals surface area contributed by atoms with Gasteiger partial charge in [0.25, 0.3) is 0 Å². The molecule has 1 aromatic carbocycles. The Hall–Kier alpha value is -2.95. The van der Waals surface area contributed by atoms with E-state index in [4.69, 9.17) is 0 Å². The molecule has 0 aliphatic heterocycles. The minimum atomic E-state index is 0.724. The SMILES string of the molecule is Cc1cc(NCCCNc2ccccc2)nc(-c2ccncc2)n1. The summed E-state index contributed by atoms with van der Waals surface area (Å²) in [6.07, 6.45) is 4.51. The van der Waals surface area contributed by atoms with Crippen LogP contribution in [0.3, 0.4) is 0 Å². The van der Waals surface area contributed by atoms with Gasteiger partial charge in [0.15, 0.2) is 5.82 Å². The molecule has 5 nitrogen and oxygen atoms in total. The average molecular weight is 319 g/mol. The maximum absolute atomic E-state index is 4.59. The molecular formula is C19H21N5. The summed E-state index contributed by atoms with van der Waals surface area (Å²) in [6, 6.07) is 16.0. The minimum absolute atomic E-state index is 0.724. The molecule has 0 spiro atoms. The molecule has 3 rings (SSSR count). The predicted molar refractivity (Wildman–Crippen MR) is 98.0 cm³/mol. The van der Waals surface area contributed by atoms with Gasteiger partial charge in [0.05, 0.1) is 0 Å². The first kappa shape index (κ1) is 15.9. The molecule has 3 aromatic rings.